The zero-order chi connectivity index (χ0) is 19.3. The van der Waals surface area contributed by atoms with Crippen molar-refractivity contribution in [3.05, 3.63) is 59.2 Å². The first-order chi connectivity index (χ1) is 12.2. The summed E-state index contributed by atoms with van der Waals surface area (Å²) in [6, 6.07) is 11.9. The molecule has 2 N–H and O–H groups in total. The van der Waals surface area contributed by atoms with E-state index >= 15 is 0 Å². The van der Waals surface area contributed by atoms with Crippen LogP contribution in [0.15, 0.2) is 47.4 Å². The number of anilines is 1. The van der Waals surface area contributed by atoms with E-state index in [0.717, 1.165) is 5.56 Å². The highest BCUT2D eigenvalue weighted by Gasteiger charge is 2.20. The van der Waals surface area contributed by atoms with Crippen molar-refractivity contribution in [2.45, 2.75) is 18.7 Å². The maximum atomic E-state index is 12.8. The maximum absolute atomic E-state index is 12.8. The van der Waals surface area contributed by atoms with Gasteiger partial charge >= 0.3 is 0 Å². The van der Waals surface area contributed by atoms with Crippen LogP contribution in [0.2, 0.25) is 0 Å². The van der Waals surface area contributed by atoms with Crippen LogP contribution in [0.4, 0.5) is 5.69 Å². The number of likely N-dealkylation sites (N-methyl/N-ethyl adjacent to an activating group) is 1. The molecule has 6 nitrogen and oxygen atoms in total. The molecule has 7 heteroatoms. The van der Waals surface area contributed by atoms with E-state index in [1.165, 1.54) is 6.07 Å². The number of carbonyl (C=O) groups excluding carboxylic acids is 1. The molecule has 0 aliphatic carbocycles. The fourth-order valence-corrected chi connectivity index (χ4v) is 3.82. The van der Waals surface area contributed by atoms with Gasteiger partial charge in [0.25, 0.3) is 15.9 Å². The lowest BCUT2D eigenvalue weighted by Gasteiger charge is -2.14. The Morgan fingerprint density at radius 3 is 2.38 bits per heavy atom. The molecule has 0 aliphatic heterocycles. The summed E-state index contributed by atoms with van der Waals surface area (Å²) >= 11 is 0. The Morgan fingerprint density at radius 2 is 1.73 bits per heavy atom. The van der Waals surface area contributed by atoms with E-state index in [2.05, 4.69) is 10.0 Å². The highest BCUT2D eigenvalue weighted by atomic mass is 32.2. The molecule has 0 fully saturated rings. The second kappa shape index (κ2) is 8.33. The fourth-order valence-electron chi connectivity index (χ4n) is 2.41. The molecular formula is C19H25N3O3S. The molecular weight excluding hydrogens is 350 g/mol. The Morgan fingerprint density at radius 1 is 1.04 bits per heavy atom. The van der Waals surface area contributed by atoms with Gasteiger partial charge in [0.2, 0.25) is 0 Å². The quantitative estimate of drug-likeness (QED) is 0.779. The van der Waals surface area contributed by atoms with Gasteiger partial charge in [-0.3, -0.25) is 9.52 Å². The van der Waals surface area contributed by atoms with Gasteiger partial charge in [0.15, 0.2) is 0 Å². The number of benzene rings is 2. The molecule has 1 amide bonds. The minimum atomic E-state index is -3.79. The third-order valence-electron chi connectivity index (χ3n) is 3.97. The first-order valence-electron chi connectivity index (χ1n) is 8.33. The van der Waals surface area contributed by atoms with Crippen LogP contribution >= 0.6 is 0 Å². The summed E-state index contributed by atoms with van der Waals surface area (Å²) in [5, 5.41) is 2.79. The SMILES string of the molecule is Cc1ccccc1NS(=O)(=O)c1cc(C(=O)NCCN(C)C)ccc1C. The van der Waals surface area contributed by atoms with Crippen LogP contribution in [0, 0.1) is 13.8 Å². The van der Waals surface area contributed by atoms with Gasteiger partial charge in [-0.1, -0.05) is 24.3 Å². The number of amides is 1. The van der Waals surface area contributed by atoms with Crippen LogP contribution in [0.5, 0.6) is 0 Å². The molecule has 140 valence electrons. The van der Waals surface area contributed by atoms with Gasteiger partial charge in [0.1, 0.15) is 0 Å². The lowest BCUT2D eigenvalue weighted by atomic mass is 10.1. The number of hydrogen-bond donors (Lipinski definition) is 2. The second-order valence-corrected chi connectivity index (χ2v) is 8.11. The van der Waals surface area contributed by atoms with E-state index in [0.29, 0.717) is 29.9 Å². The van der Waals surface area contributed by atoms with E-state index in [1.807, 2.05) is 38.1 Å². The zero-order valence-corrected chi connectivity index (χ0v) is 16.4. The molecule has 0 atom stereocenters. The summed E-state index contributed by atoms with van der Waals surface area (Å²) in [7, 11) is 0.0385. The Balaban J connectivity index is 2.25. The van der Waals surface area contributed by atoms with Gasteiger partial charge in [-0.2, -0.15) is 0 Å². The Hall–Kier alpha value is -2.38. The number of hydrogen-bond acceptors (Lipinski definition) is 4. The van der Waals surface area contributed by atoms with E-state index in [4.69, 9.17) is 0 Å². The Bertz CT molecular complexity index is 893. The fraction of sp³-hybridized carbons (Fsp3) is 0.316. The van der Waals surface area contributed by atoms with Crippen LogP contribution in [-0.4, -0.2) is 46.4 Å². The largest absolute Gasteiger partial charge is 0.351 e. The summed E-state index contributed by atoms with van der Waals surface area (Å²) in [5.74, 6) is -0.292. The maximum Gasteiger partial charge on any atom is 0.262 e. The van der Waals surface area contributed by atoms with Crippen molar-refractivity contribution in [1.29, 1.82) is 0 Å². The van der Waals surface area contributed by atoms with Crippen LogP contribution < -0.4 is 10.0 Å². The Labute approximate surface area is 155 Å². The normalized spacial score (nSPS) is 11.4. The summed E-state index contributed by atoms with van der Waals surface area (Å²) < 4.78 is 28.2. The summed E-state index contributed by atoms with van der Waals surface area (Å²) in [5.41, 5.74) is 2.24. The van der Waals surface area contributed by atoms with Gasteiger partial charge in [-0.25, -0.2) is 8.42 Å². The minimum absolute atomic E-state index is 0.0982. The third kappa shape index (κ3) is 5.06. The lowest BCUT2D eigenvalue weighted by molar-refractivity contribution is 0.0951. The molecule has 2 aromatic rings. The van der Waals surface area contributed by atoms with Crippen molar-refractivity contribution in [3.8, 4) is 0 Å². The molecule has 0 aromatic heterocycles. The van der Waals surface area contributed by atoms with Crippen molar-refractivity contribution in [2.75, 3.05) is 31.9 Å². The molecule has 26 heavy (non-hydrogen) atoms. The predicted octanol–water partition coefficient (Wildman–Crippen LogP) is 2.40. The lowest BCUT2D eigenvalue weighted by Crippen LogP contribution is -2.31. The van der Waals surface area contributed by atoms with Gasteiger partial charge in [-0.05, 0) is 57.3 Å². The molecule has 2 rings (SSSR count). The number of nitrogens with zero attached hydrogens (tertiary/aromatic N) is 1. The number of para-hydroxylation sites is 1. The highest BCUT2D eigenvalue weighted by molar-refractivity contribution is 7.92. The van der Waals surface area contributed by atoms with Crippen molar-refractivity contribution in [3.63, 3.8) is 0 Å². The van der Waals surface area contributed by atoms with Crippen molar-refractivity contribution in [2.24, 2.45) is 0 Å². The van der Waals surface area contributed by atoms with Gasteiger partial charge in [-0.15, -0.1) is 0 Å². The summed E-state index contributed by atoms with van der Waals surface area (Å²) in [6.07, 6.45) is 0. The molecule has 0 aliphatic rings. The van der Waals surface area contributed by atoms with E-state index in [9.17, 15) is 13.2 Å². The molecule has 2 aromatic carbocycles. The monoisotopic (exact) mass is 375 g/mol. The summed E-state index contributed by atoms with van der Waals surface area (Å²) in [4.78, 5) is 14.3. The average Bonchev–Trinajstić information content (AvgIpc) is 2.56. The van der Waals surface area contributed by atoms with E-state index < -0.39 is 10.0 Å². The standard InChI is InChI=1S/C19H25N3O3S/c1-14-7-5-6-8-17(14)21-26(24,25)18-13-16(10-9-15(18)2)19(23)20-11-12-22(3)4/h5-10,13,21H,11-12H2,1-4H3,(H,20,23). The molecule has 0 unspecified atom stereocenters. The number of carbonyl (C=O) groups is 1. The molecule has 0 bridgehead atoms. The van der Waals surface area contributed by atoms with E-state index in [-0.39, 0.29) is 10.8 Å². The molecule has 0 radical (unpaired) electrons. The van der Waals surface area contributed by atoms with Crippen LogP contribution in [0.25, 0.3) is 0 Å². The molecule has 0 spiro atoms. The predicted molar refractivity (Wildman–Crippen MR) is 104 cm³/mol. The van der Waals surface area contributed by atoms with E-state index in [1.54, 1.807) is 31.2 Å². The van der Waals surface area contributed by atoms with Crippen molar-refractivity contribution < 1.29 is 13.2 Å². The van der Waals surface area contributed by atoms with Crippen LogP contribution in [0.3, 0.4) is 0 Å². The molecule has 0 saturated heterocycles. The van der Waals surface area contributed by atoms with Gasteiger partial charge in [0.05, 0.1) is 10.6 Å². The van der Waals surface area contributed by atoms with Gasteiger partial charge in [0, 0.05) is 18.7 Å². The number of nitrogens with one attached hydrogen (secondary N) is 2. The minimum Gasteiger partial charge on any atom is -0.351 e. The Kier molecular flexibility index (Phi) is 6.39. The number of aryl methyl sites for hydroxylation is 2. The number of sulfonamides is 1. The first kappa shape index (κ1) is 19.9. The van der Waals surface area contributed by atoms with Crippen molar-refractivity contribution >= 4 is 21.6 Å². The second-order valence-electron chi connectivity index (χ2n) is 6.46. The summed E-state index contributed by atoms with van der Waals surface area (Å²) in [6.45, 7) is 4.74. The number of rotatable bonds is 7. The van der Waals surface area contributed by atoms with Crippen molar-refractivity contribution in [1.82, 2.24) is 10.2 Å². The molecule has 0 heterocycles. The molecule has 0 saturated carbocycles. The zero-order valence-electron chi connectivity index (χ0n) is 15.5. The topological polar surface area (TPSA) is 78.5 Å². The third-order valence-corrected chi connectivity index (χ3v) is 5.48. The first-order valence-corrected chi connectivity index (χ1v) is 9.81. The van der Waals surface area contributed by atoms with Crippen LogP contribution in [0.1, 0.15) is 21.5 Å². The van der Waals surface area contributed by atoms with Crippen LogP contribution in [-0.2, 0) is 10.0 Å². The highest BCUT2D eigenvalue weighted by Crippen LogP contribution is 2.22. The smallest absolute Gasteiger partial charge is 0.262 e. The van der Waals surface area contributed by atoms with Gasteiger partial charge < -0.3 is 10.2 Å². The average molecular weight is 375 g/mol.